The smallest absolute Gasteiger partial charge is 0.394 e. The number of aliphatic hydroxyl groups is 1. The number of nitrogens with zero attached hydrogens (tertiary/aromatic N) is 7. The van der Waals surface area contributed by atoms with E-state index in [1.54, 1.807) is 37.3 Å². The molecule has 2 fully saturated rings. The first-order chi connectivity index (χ1) is 27.4. The second kappa shape index (κ2) is 17.1. The summed E-state index contributed by atoms with van der Waals surface area (Å²) < 4.78 is 80.7. The molecule has 25 heteroatoms. The zero-order valence-electron chi connectivity index (χ0n) is 29.4. The van der Waals surface area contributed by atoms with E-state index in [-0.39, 0.29) is 41.2 Å². The van der Waals surface area contributed by atoms with Crippen LogP contribution in [0.1, 0.15) is 29.7 Å². The minimum absolute atomic E-state index is 0.0498. The lowest BCUT2D eigenvalue weighted by Gasteiger charge is -2.28. The van der Waals surface area contributed by atoms with Gasteiger partial charge in [-0.05, 0) is 23.9 Å². The number of H-pyrrole nitrogens is 1. The highest BCUT2D eigenvalue weighted by atomic mass is 32.5. The van der Waals surface area contributed by atoms with Gasteiger partial charge in [-0.15, -0.1) is 9.42 Å². The van der Waals surface area contributed by atoms with Crippen LogP contribution in [0.2, 0.25) is 0 Å². The molecule has 0 radical (unpaired) electrons. The van der Waals surface area contributed by atoms with E-state index in [0.29, 0.717) is 5.56 Å². The number of hydrogen-bond donors (Lipinski definition) is 4. The van der Waals surface area contributed by atoms with Crippen molar-refractivity contribution in [2.45, 2.75) is 50.0 Å². The number of anilines is 1. The van der Waals surface area contributed by atoms with Crippen molar-refractivity contribution in [1.82, 2.24) is 34.1 Å². The van der Waals surface area contributed by atoms with Crippen molar-refractivity contribution in [1.29, 1.82) is 0 Å². The molecular formula is C32H32F2N9O11P2S+. The van der Waals surface area contributed by atoms with Gasteiger partial charge in [-0.2, -0.15) is 0 Å². The molecule has 0 spiro atoms. The molecule has 0 bridgehead atoms. The van der Waals surface area contributed by atoms with E-state index < -0.39 is 94.4 Å². The Morgan fingerprint density at radius 3 is 2.63 bits per heavy atom. The molecule has 2 aliphatic heterocycles. The van der Waals surface area contributed by atoms with Crippen molar-refractivity contribution < 1.29 is 55.7 Å². The average molecular weight is 851 g/mol. The third-order valence-corrected chi connectivity index (χ3v) is 12.0. The quantitative estimate of drug-likeness (QED) is 0.0671. The van der Waals surface area contributed by atoms with Crippen LogP contribution in [0.3, 0.4) is 0 Å². The van der Waals surface area contributed by atoms with Gasteiger partial charge in [-0.25, -0.2) is 35.3 Å². The minimum atomic E-state index is -4.04. The van der Waals surface area contributed by atoms with Crippen LogP contribution in [0.5, 0.6) is 0 Å². The number of imidazole rings is 1. The summed E-state index contributed by atoms with van der Waals surface area (Å²) in [6.45, 7) is 3.09. The van der Waals surface area contributed by atoms with Crippen LogP contribution in [0.15, 0.2) is 60.3 Å². The van der Waals surface area contributed by atoms with Gasteiger partial charge < -0.3 is 43.3 Å². The fourth-order valence-corrected chi connectivity index (χ4v) is 9.05. The normalized spacial score (nSPS) is 26.1. The fourth-order valence-electron chi connectivity index (χ4n) is 6.46. The number of halogens is 2. The third-order valence-electron chi connectivity index (χ3n) is 9.20. The van der Waals surface area contributed by atoms with Crippen molar-refractivity contribution in [3.05, 3.63) is 88.7 Å². The number of ether oxygens (including phenoxy) is 2. The van der Waals surface area contributed by atoms with E-state index in [9.17, 15) is 28.5 Å². The van der Waals surface area contributed by atoms with Gasteiger partial charge in [0.05, 0.1) is 32.0 Å². The van der Waals surface area contributed by atoms with Crippen molar-refractivity contribution >= 4 is 60.7 Å². The molecule has 2 aliphatic rings. The highest BCUT2D eigenvalue weighted by molar-refractivity contribution is 8.07. The molecule has 2 unspecified atom stereocenters. The van der Waals surface area contributed by atoms with Crippen LogP contribution in [-0.4, -0.2) is 107 Å². The predicted molar refractivity (Wildman–Crippen MR) is 196 cm³/mol. The molecule has 6 heterocycles. The number of aromatic amines is 1. The van der Waals surface area contributed by atoms with Gasteiger partial charge in [0.1, 0.15) is 30.5 Å². The van der Waals surface area contributed by atoms with Gasteiger partial charge in [0.25, 0.3) is 11.5 Å². The van der Waals surface area contributed by atoms with Crippen molar-refractivity contribution in [3.8, 4) is 0 Å². The topological polar surface area (TPSA) is 241 Å². The van der Waals surface area contributed by atoms with Crippen LogP contribution >= 0.6 is 15.0 Å². The lowest BCUT2D eigenvalue weighted by molar-refractivity contribution is -0.0521. The van der Waals surface area contributed by atoms with Gasteiger partial charge in [0.15, 0.2) is 53.2 Å². The van der Waals surface area contributed by atoms with E-state index in [1.165, 1.54) is 10.9 Å². The zero-order valence-corrected chi connectivity index (χ0v) is 32.0. The van der Waals surface area contributed by atoms with E-state index in [2.05, 4.69) is 35.1 Å². The maximum atomic E-state index is 16.5. The Hall–Kier alpha value is -4.56. The first-order valence-electron chi connectivity index (χ1n) is 17.0. The first-order valence-corrected chi connectivity index (χ1v) is 20.7. The lowest BCUT2D eigenvalue weighted by Crippen LogP contribution is -2.34. The van der Waals surface area contributed by atoms with Gasteiger partial charge in [-0.1, -0.05) is 25.1 Å². The van der Waals surface area contributed by atoms with Crippen molar-refractivity contribution in [2.24, 2.45) is 5.92 Å². The molecule has 7 rings (SSSR count). The molecule has 4 N–H and O–H groups in total. The molecular weight excluding hydrogens is 818 g/mol. The molecule has 300 valence electrons. The number of carbonyl (C=O) groups excluding carboxylic acids is 1. The van der Waals surface area contributed by atoms with Crippen molar-refractivity contribution in [3.63, 3.8) is 0 Å². The summed E-state index contributed by atoms with van der Waals surface area (Å²) in [6, 6.07) is 8.36. The zero-order chi connectivity index (χ0) is 40.4. The highest BCUT2D eigenvalue weighted by Gasteiger charge is 2.52. The lowest BCUT2D eigenvalue weighted by atomic mass is 10.0. The predicted octanol–water partition coefficient (Wildman–Crippen LogP) is 3.31. The molecule has 10 atom stereocenters. The van der Waals surface area contributed by atoms with Crippen LogP contribution in [0.4, 0.5) is 14.6 Å². The molecule has 1 amide bonds. The molecule has 2 saturated heterocycles. The third kappa shape index (κ3) is 8.25. The largest absolute Gasteiger partial charge is 0.695 e. The molecule has 57 heavy (non-hydrogen) atoms. The number of fused-ring (bicyclic) bond motifs is 2. The van der Waals surface area contributed by atoms with E-state index in [0.717, 1.165) is 23.4 Å². The Labute approximate surface area is 326 Å². The molecule has 4 aromatic heterocycles. The number of benzene rings is 1. The second-order valence-electron chi connectivity index (χ2n) is 12.6. The Balaban J connectivity index is 1.11. The van der Waals surface area contributed by atoms with E-state index >= 15 is 4.39 Å². The standard InChI is InChI=1S/C32H31F2N9O11P2S/c1-16-20(52-32(24(16)53-55(47)48)42-10-18(33)21-27(42)37-14-39-30(21)46)12-50-56(57,49-9-8-35-2)54-25-19(11-44)51-31(22(25)34)43-15-40-23-26(36-13-38-28(23)43)41-29(45)17-6-4-3-5-7-17/h3-7,10,13-16,19-20,22,24-25,31-32,44H,8-9,11-12H2,1H3,(H2-,36,37,38,39,41,45,46,47,48)/p+1/t16-,19-,20-,22-,24-,25-,31-,32-,56?/m1/s1. The summed E-state index contributed by atoms with van der Waals surface area (Å²) in [5, 5.41) is 12.6. The van der Waals surface area contributed by atoms with Crippen LogP contribution < -0.4 is 10.9 Å². The number of amides is 1. The number of nitrogens with one attached hydrogen (secondary N) is 2. The molecule has 0 aliphatic carbocycles. The fraction of sp³-hybridized carbons (Fsp3) is 0.406. The second-order valence-corrected chi connectivity index (χ2v) is 16.3. The van der Waals surface area contributed by atoms with Gasteiger partial charge in [0.2, 0.25) is 6.54 Å². The maximum Gasteiger partial charge on any atom is 0.695 e. The monoisotopic (exact) mass is 850 g/mol. The molecule has 1 aromatic carbocycles. The Morgan fingerprint density at radius 1 is 1.12 bits per heavy atom. The average Bonchev–Trinajstić information content (AvgIpc) is 3.94. The molecule has 0 saturated carbocycles. The molecule has 5 aromatic rings. The SMILES string of the molecule is [C-]#[N+]CCOP(=S)(OC[C@H]1O[C@@H](n2cc(F)c3c(=O)[nH]cnc32)[C@H](O[P+](=O)O)[C@@H]1C)O[C@H]1[C@@H](F)[C@H](n2cnc3c(NC(=O)c4ccccc4)ncnc32)O[C@@H]1CO. The van der Waals surface area contributed by atoms with Gasteiger partial charge in [0, 0.05) is 22.2 Å². The number of hydrogen-bond acceptors (Lipinski definition) is 15. The Kier molecular flexibility index (Phi) is 12.2. The first kappa shape index (κ1) is 40.6. The number of aromatic nitrogens is 7. The number of alkyl halides is 1. The summed E-state index contributed by atoms with van der Waals surface area (Å²) in [5.41, 5.74) is -0.329. The summed E-state index contributed by atoms with van der Waals surface area (Å²) >= 11 is 5.68. The minimum Gasteiger partial charge on any atom is -0.394 e. The van der Waals surface area contributed by atoms with Crippen molar-refractivity contribution in [2.75, 3.05) is 31.7 Å². The number of carbonyl (C=O) groups is 1. The van der Waals surface area contributed by atoms with Crippen LogP contribution in [-0.2, 0) is 43.9 Å². The summed E-state index contributed by atoms with van der Waals surface area (Å²) in [5.74, 6) is -2.10. The highest BCUT2D eigenvalue weighted by Crippen LogP contribution is 2.55. The van der Waals surface area contributed by atoms with Gasteiger partial charge in [-0.3, -0.25) is 18.7 Å². The van der Waals surface area contributed by atoms with E-state index in [1.807, 2.05) is 0 Å². The summed E-state index contributed by atoms with van der Waals surface area (Å²) in [6.07, 6.45) is -5.59. The van der Waals surface area contributed by atoms with Gasteiger partial charge >= 0.3 is 15.0 Å². The maximum absolute atomic E-state index is 16.5. The molecule has 20 nitrogen and oxygen atoms in total. The Bertz CT molecular complexity index is 2440. The Morgan fingerprint density at radius 2 is 1.89 bits per heavy atom. The number of rotatable bonds is 15. The van der Waals surface area contributed by atoms with E-state index in [4.69, 9.17) is 45.9 Å². The van der Waals surface area contributed by atoms with Crippen LogP contribution in [0, 0.1) is 18.3 Å². The number of aliphatic hydroxyl groups excluding tert-OH is 1. The summed E-state index contributed by atoms with van der Waals surface area (Å²) in [7, 11) is -3.20. The van der Waals surface area contributed by atoms with Crippen LogP contribution in [0.25, 0.3) is 27.0 Å². The summed E-state index contributed by atoms with van der Waals surface area (Å²) in [4.78, 5) is 57.0.